The highest BCUT2D eigenvalue weighted by Crippen LogP contribution is 2.31. The van der Waals surface area contributed by atoms with Crippen molar-refractivity contribution < 1.29 is 4.79 Å². The molecular formula is C13H22ClN3OS. The molecule has 0 radical (unpaired) electrons. The van der Waals surface area contributed by atoms with Crippen LogP contribution in [0.25, 0.3) is 0 Å². The molecule has 0 spiro atoms. The van der Waals surface area contributed by atoms with Crippen LogP contribution in [0.15, 0.2) is 12.1 Å². The predicted molar refractivity (Wildman–Crippen MR) is 81.6 cm³/mol. The van der Waals surface area contributed by atoms with Gasteiger partial charge in [-0.2, -0.15) is 0 Å². The molecule has 1 rings (SSSR count). The first kappa shape index (κ1) is 16.4. The molecule has 19 heavy (non-hydrogen) atoms. The SMILES string of the molecule is CC(C)NC(=O)CN(C)C(c1ccc(Cl)s1)C(C)N. The van der Waals surface area contributed by atoms with Gasteiger partial charge in [0.2, 0.25) is 5.91 Å². The lowest BCUT2D eigenvalue weighted by Gasteiger charge is -2.30. The van der Waals surface area contributed by atoms with Crippen molar-refractivity contribution in [1.29, 1.82) is 0 Å². The van der Waals surface area contributed by atoms with Crippen molar-refractivity contribution in [2.24, 2.45) is 5.73 Å². The minimum atomic E-state index is -0.0773. The van der Waals surface area contributed by atoms with Crippen molar-refractivity contribution in [3.05, 3.63) is 21.3 Å². The summed E-state index contributed by atoms with van der Waals surface area (Å²) < 4.78 is 0.737. The summed E-state index contributed by atoms with van der Waals surface area (Å²) in [6, 6.07) is 3.89. The second-order valence-electron chi connectivity index (χ2n) is 5.08. The van der Waals surface area contributed by atoms with Crippen LogP contribution >= 0.6 is 22.9 Å². The molecule has 0 saturated carbocycles. The molecule has 1 amide bonds. The topological polar surface area (TPSA) is 58.4 Å². The molecule has 2 unspecified atom stereocenters. The first-order valence-corrected chi connectivity index (χ1v) is 7.51. The summed E-state index contributed by atoms with van der Waals surface area (Å²) >= 11 is 7.47. The van der Waals surface area contributed by atoms with Crippen LogP contribution in [0.5, 0.6) is 0 Å². The fourth-order valence-corrected chi connectivity index (χ4v) is 3.40. The van der Waals surface area contributed by atoms with E-state index in [1.807, 2.05) is 44.9 Å². The molecule has 0 aromatic carbocycles. The Morgan fingerprint density at radius 3 is 2.53 bits per heavy atom. The molecule has 0 aliphatic carbocycles. The zero-order valence-corrected chi connectivity index (χ0v) is 13.4. The van der Waals surface area contributed by atoms with Gasteiger partial charge < -0.3 is 11.1 Å². The van der Waals surface area contributed by atoms with Crippen molar-refractivity contribution >= 4 is 28.8 Å². The maximum atomic E-state index is 11.8. The molecule has 6 heteroatoms. The normalized spacial score (nSPS) is 14.7. The van der Waals surface area contributed by atoms with E-state index in [-0.39, 0.29) is 24.0 Å². The Labute approximate surface area is 123 Å². The van der Waals surface area contributed by atoms with Crippen molar-refractivity contribution in [2.75, 3.05) is 13.6 Å². The van der Waals surface area contributed by atoms with Gasteiger partial charge in [-0.1, -0.05) is 11.6 Å². The number of nitrogens with two attached hydrogens (primary N) is 1. The first-order chi connectivity index (χ1) is 8.81. The van der Waals surface area contributed by atoms with E-state index in [1.54, 1.807) is 0 Å². The Morgan fingerprint density at radius 1 is 1.47 bits per heavy atom. The number of likely N-dealkylation sites (N-methyl/N-ethyl adjacent to an activating group) is 1. The predicted octanol–water partition coefficient (Wildman–Crippen LogP) is 2.25. The van der Waals surface area contributed by atoms with Gasteiger partial charge in [-0.3, -0.25) is 9.69 Å². The second kappa shape index (κ2) is 7.24. The number of carbonyl (C=O) groups is 1. The van der Waals surface area contributed by atoms with Crippen LogP contribution in [-0.2, 0) is 4.79 Å². The van der Waals surface area contributed by atoms with Crippen molar-refractivity contribution in [3.8, 4) is 0 Å². The molecule has 3 N–H and O–H groups in total. The van der Waals surface area contributed by atoms with Gasteiger partial charge in [-0.25, -0.2) is 0 Å². The molecule has 0 aliphatic heterocycles. The molecule has 0 aliphatic rings. The summed E-state index contributed by atoms with van der Waals surface area (Å²) in [7, 11) is 1.90. The third kappa shape index (κ3) is 5.10. The fourth-order valence-electron chi connectivity index (χ4n) is 2.06. The maximum absolute atomic E-state index is 11.8. The van der Waals surface area contributed by atoms with Gasteiger partial charge >= 0.3 is 0 Å². The summed E-state index contributed by atoms with van der Waals surface area (Å²) in [5.74, 6) is 0.00537. The summed E-state index contributed by atoms with van der Waals surface area (Å²) in [6.45, 7) is 6.15. The summed E-state index contributed by atoms with van der Waals surface area (Å²) in [6.07, 6.45) is 0. The van der Waals surface area contributed by atoms with Gasteiger partial charge in [0.05, 0.1) is 16.9 Å². The van der Waals surface area contributed by atoms with E-state index in [0.29, 0.717) is 6.54 Å². The van der Waals surface area contributed by atoms with Crippen LogP contribution in [0.3, 0.4) is 0 Å². The zero-order valence-electron chi connectivity index (χ0n) is 11.8. The van der Waals surface area contributed by atoms with Crippen molar-refractivity contribution in [2.45, 2.75) is 38.9 Å². The van der Waals surface area contributed by atoms with Crippen molar-refractivity contribution in [1.82, 2.24) is 10.2 Å². The average molecular weight is 304 g/mol. The number of hydrogen-bond donors (Lipinski definition) is 2. The van der Waals surface area contributed by atoms with E-state index in [4.69, 9.17) is 17.3 Å². The Morgan fingerprint density at radius 2 is 2.11 bits per heavy atom. The van der Waals surface area contributed by atoms with Gasteiger partial charge in [0.25, 0.3) is 0 Å². The third-order valence-corrected chi connectivity index (χ3v) is 4.00. The number of halogens is 1. The van der Waals surface area contributed by atoms with E-state index in [0.717, 1.165) is 9.21 Å². The van der Waals surface area contributed by atoms with E-state index in [2.05, 4.69) is 5.32 Å². The van der Waals surface area contributed by atoms with Gasteiger partial charge in [-0.05, 0) is 40.0 Å². The largest absolute Gasteiger partial charge is 0.353 e. The van der Waals surface area contributed by atoms with E-state index < -0.39 is 0 Å². The smallest absolute Gasteiger partial charge is 0.234 e. The highest BCUT2D eigenvalue weighted by molar-refractivity contribution is 7.16. The third-order valence-electron chi connectivity index (χ3n) is 2.70. The standard InChI is InChI=1S/C13H22ClN3OS/c1-8(2)16-12(18)7-17(4)13(9(3)15)10-5-6-11(14)19-10/h5-6,8-9,13H,7,15H2,1-4H3,(H,16,18). The Balaban J connectivity index is 2.74. The lowest BCUT2D eigenvalue weighted by atomic mass is 10.1. The zero-order chi connectivity index (χ0) is 14.6. The van der Waals surface area contributed by atoms with Crippen LogP contribution in [-0.4, -0.2) is 36.5 Å². The second-order valence-corrected chi connectivity index (χ2v) is 6.83. The minimum absolute atomic E-state index is 0.00425. The molecule has 0 saturated heterocycles. The molecule has 108 valence electrons. The molecule has 2 atom stereocenters. The average Bonchev–Trinajstić information content (AvgIpc) is 2.62. The summed E-state index contributed by atoms with van der Waals surface area (Å²) in [5, 5.41) is 2.88. The maximum Gasteiger partial charge on any atom is 0.234 e. The number of amides is 1. The fraction of sp³-hybridized carbons (Fsp3) is 0.615. The van der Waals surface area contributed by atoms with Crippen molar-refractivity contribution in [3.63, 3.8) is 0 Å². The molecule has 4 nitrogen and oxygen atoms in total. The van der Waals surface area contributed by atoms with Crippen LogP contribution in [0, 0.1) is 0 Å². The van der Waals surface area contributed by atoms with E-state index in [9.17, 15) is 4.79 Å². The quantitative estimate of drug-likeness (QED) is 0.847. The monoisotopic (exact) mass is 303 g/mol. The Kier molecular flexibility index (Phi) is 6.26. The minimum Gasteiger partial charge on any atom is -0.353 e. The van der Waals surface area contributed by atoms with E-state index >= 15 is 0 Å². The molecule has 1 aromatic rings. The molecule has 1 heterocycles. The summed E-state index contributed by atoms with van der Waals surface area (Å²) in [5.41, 5.74) is 6.05. The lowest BCUT2D eigenvalue weighted by Crippen LogP contribution is -2.43. The number of thiophene rings is 1. The van der Waals surface area contributed by atoms with Gasteiger partial charge in [0.1, 0.15) is 0 Å². The van der Waals surface area contributed by atoms with Gasteiger partial charge in [-0.15, -0.1) is 11.3 Å². The molecular weight excluding hydrogens is 282 g/mol. The Bertz CT molecular complexity index is 420. The Hall–Kier alpha value is -0.620. The van der Waals surface area contributed by atoms with Gasteiger partial charge in [0.15, 0.2) is 0 Å². The van der Waals surface area contributed by atoms with Crippen LogP contribution in [0.4, 0.5) is 0 Å². The van der Waals surface area contributed by atoms with E-state index in [1.165, 1.54) is 11.3 Å². The number of nitrogens with one attached hydrogen (secondary N) is 1. The molecule has 1 aromatic heterocycles. The highest BCUT2D eigenvalue weighted by Gasteiger charge is 2.24. The number of nitrogens with zero attached hydrogens (tertiary/aromatic N) is 1. The first-order valence-electron chi connectivity index (χ1n) is 6.31. The number of hydrogen-bond acceptors (Lipinski definition) is 4. The lowest BCUT2D eigenvalue weighted by molar-refractivity contribution is -0.123. The number of rotatable bonds is 6. The number of carbonyl (C=O) groups excluding carboxylic acids is 1. The molecule has 0 bridgehead atoms. The summed E-state index contributed by atoms with van der Waals surface area (Å²) in [4.78, 5) is 14.9. The van der Waals surface area contributed by atoms with Crippen LogP contribution in [0.1, 0.15) is 31.7 Å². The van der Waals surface area contributed by atoms with Gasteiger partial charge in [0, 0.05) is 17.0 Å². The van der Waals surface area contributed by atoms with Crippen LogP contribution in [0.2, 0.25) is 4.34 Å². The molecule has 0 fully saturated rings. The highest BCUT2D eigenvalue weighted by atomic mass is 35.5. The van der Waals surface area contributed by atoms with Crippen LogP contribution < -0.4 is 11.1 Å².